The fourth-order valence-corrected chi connectivity index (χ4v) is 2.10. The summed E-state index contributed by atoms with van der Waals surface area (Å²) in [5.41, 5.74) is 0.0581. The molecule has 0 spiro atoms. The number of thiophene rings is 1. The highest BCUT2D eigenvalue weighted by Gasteiger charge is 1.93. The molecule has 0 aromatic carbocycles. The van der Waals surface area contributed by atoms with Gasteiger partial charge in [0.25, 0.3) is 0 Å². The van der Waals surface area contributed by atoms with Crippen molar-refractivity contribution in [2.24, 2.45) is 0 Å². The van der Waals surface area contributed by atoms with Crippen molar-refractivity contribution in [3.8, 4) is 0 Å². The average Bonchev–Trinajstić information content (AvgIpc) is 2.80. The first-order valence-electron chi connectivity index (χ1n) is 5.24. The normalized spacial score (nSPS) is 10.5. The third-order valence-electron chi connectivity index (χ3n) is 2.29. The van der Waals surface area contributed by atoms with Crippen molar-refractivity contribution < 1.29 is 0 Å². The van der Waals surface area contributed by atoms with Crippen molar-refractivity contribution in [3.05, 3.63) is 57.1 Å². The van der Waals surface area contributed by atoms with Gasteiger partial charge < -0.3 is 9.88 Å². The van der Waals surface area contributed by atoms with Crippen molar-refractivity contribution in [3.63, 3.8) is 0 Å². The van der Waals surface area contributed by atoms with E-state index in [1.165, 1.54) is 4.88 Å². The van der Waals surface area contributed by atoms with E-state index in [1.807, 2.05) is 17.0 Å². The van der Waals surface area contributed by atoms with E-state index in [0.29, 0.717) is 0 Å². The van der Waals surface area contributed by atoms with Gasteiger partial charge in [-0.2, -0.15) is 0 Å². The molecule has 0 aliphatic heterocycles. The molecule has 84 valence electrons. The van der Waals surface area contributed by atoms with Crippen LogP contribution in [0.2, 0.25) is 0 Å². The van der Waals surface area contributed by atoms with Crippen LogP contribution >= 0.6 is 11.3 Å². The largest absolute Gasteiger partial charge is 0.353 e. The lowest BCUT2D eigenvalue weighted by molar-refractivity contribution is 0.598. The molecule has 0 fully saturated rings. The Morgan fingerprint density at radius 2 is 2.06 bits per heavy atom. The highest BCUT2D eigenvalue weighted by molar-refractivity contribution is 7.09. The monoisotopic (exact) mass is 234 g/mol. The van der Waals surface area contributed by atoms with Gasteiger partial charge in [-0.15, -0.1) is 11.3 Å². The molecule has 1 N–H and O–H groups in total. The predicted molar refractivity (Wildman–Crippen MR) is 66.7 cm³/mol. The van der Waals surface area contributed by atoms with Gasteiger partial charge in [0.1, 0.15) is 0 Å². The van der Waals surface area contributed by atoms with Crippen LogP contribution < -0.4 is 10.7 Å². The van der Waals surface area contributed by atoms with E-state index in [4.69, 9.17) is 0 Å². The molecule has 3 nitrogen and oxygen atoms in total. The standard InChI is InChI=1S/C12H14N2OS/c15-11-3-6-14(7-4-11)8-5-13-10-12-2-1-9-16-12/h1-4,6-7,9,13H,5,8,10H2. The molecule has 0 saturated carbocycles. The van der Waals surface area contributed by atoms with E-state index in [1.54, 1.807) is 23.5 Å². The van der Waals surface area contributed by atoms with E-state index in [2.05, 4.69) is 22.8 Å². The molecule has 0 aliphatic rings. The predicted octanol–water partition coefficient (Wildman–Crippen LogP) is 1.70. The van der Waals surface area contributed by atoms with Crippen LogP contribution in [-0.2, 0) is 13.1 Å². The van der Waals surface area contributed by atoms with Crippen molar-refractivity contribution in [2.45, 2.75) is 13.1 Å². The molecule has 2 heterocycles. The van der Waals surface area contributed by atoms with Gasteiger partial charge in [0.05, 0.1) is 0 Å². The number of hydrogen-bond acceptors (Lipinski definition) is 3. The minimum atomic E-state index is 0.0581. The Kier molecular flexibility index (Phi) is 3.91. The Morgan fingerprint density at radius 3 is 2.75 bits per heavy atom. The molecule has 2 aromatic heterocycles. The number of pyridine rings is 1. The summed E-state index contributed by atoms with van der Waals surface area (Å²) in [4.78, 5) is 12.2. The first-order valence-corrected chi connectivity index (χ1v) is 6.12. The summed E-state index contributed by atoms with van der Waals surface area (Å²) >= 11 is 1.76. The van der Waals surface area contributed by atoms with Gasteiger partial charge in [0.15, 0.2) is 5.43 Å². The molecule has 0 aliphatic carbocycles. The maximum atomic E-state index is 10.9. The molecular formula is C12H14N2OS. The average molecular weight is 234 g/mol. The molecule has 0 amide bonds. The van der Waals surface area contributed by atoms with E-state index in [-0.39, 0.29) is 5.43 Å². The molecule has 4 heteroatoms. The van der Waals surface area contributed by atoms with Crippen LogP contribution in [0.3, 0.4) is 0 Å². The maximum absolute atomic E-state index is 10.9. The lowest BCUT2D eigenvalue weighted by Crippen LogP contribution is -2.19. The summed E-state index contributed by atoms with van der Waals surface area (Å²) in [6.07, 6.45) is 3.63. The second-order valence-corrected chi connectivity index (χ2v) is 4.56. The zero-order valence-corrected chi connectivity index (χ0v) is 9.74. The highest BCUT2D eigenvalue weighted by atomic mass is 32.1. The van der Waals surface area contributed by atoms with E-state index in [9.17, 15) is 4.79 Å². The molecule has 0 saturated heterocycles. The van der Waals surface area contributed by atoms with Gasteiger partial charge >= 0.3 is 0 Å². The molecule has 0 radical (unpaired) electrons. The number of rotatable bonds is 5. The number of nitrogens with zero attached hydrogens (tertiary/aromatic N) is 1. The second kappa shape index (κ2) is 5.63. The maximum Gasteiger partial charge on any atom is 0.181 e. The minimum absolute atomic E-state index is 0.0581. The summed E-state index contributed by atoms with van der Waals surface area (Å²) in [5.74, 6) is 0. The van der Waals surface area contributed by atoms with Crippen LogP contribution in [0, 0.1) is 0 Å². The Hall–Kier alpha value is -1.39. The van der Waals surface area contributed by atoms with Gasteiger partial charge in [0.2, 0.25) is 0 Å². The van der Waals surface area contributed by atoms with Crippen LogP contribution in [0.15, 0.2) is 46.8 Å². The van der Waals surface area contributed by atoms with Gasteiger partial charge in [-0.25, -0.2) is 0 Å². The smallest absolute Gasteiger partial charge is 0.181 e. The number of hydrogen-bond donors (Lipinski definition) is 1. The summed E-state index contributed by atoms with van der Waals surface area (Å²) in [6.45, 7) is 2.70. The SMILES string of the molecule is O=c1ccn(CCNCc2cccs2)cc1. The van der Waals surface area contributed by atoms with Gasteiger partial charge in [-0.1, -0.05) is 6.07 Å². The van der Waals surface area contributed by atoms with Crippen molar-refractivity contribution in [1.82, 2.24) is 9.88 Å². The molecule has 0 bridgehead atoms. The first-order chi connectivity index (χ1) is 7.84. The highest BCUT2D eigenvalue weighted by Crippen LogP contribution is 2.06. The molecule has 0 unspecified atom stereocenters. The Balaban J connectivity index is 1.72. The summed E-state index contributed by atoms with van der Waals surface area (Å²) in [5, 5.41) is 5.44. The van der Waals surface area contributed by atoms with E-state index in [0.717, 1.165) is 19.6 Å². The summed E-state index contributed by atoms with van der Waals surface area (Å²) in [7, 11) is 0. The van der Waals surface area contributed by atoms with Crippen molar-refractivity contribution >= 4 is 11.3 Å². The third-order valence-corrected chi connectivity index (χ3v) is 3.16. The summed E-state index contributed by atoms with van der Waals surface area (Å²) < 4.78 is 2.00. The van der Waals surface area contributed by atoms with Crippen LogP contribution in [0.1, 0.15) is 4.88 Å². The zero-order chi connectivity index (χ0) is 11.2. The lowest BCUT2D eigenvalue weighted by atomic mass is 10.4. The fourth-order valence-electron chi connectivity index (χ4n) is 1.43. The van der Waals surface area contributed by atoms with Crippen molar-refractivity contribution in [2.75, 3.05) is 6.54 Å². The molecule has 2 aromatic rings. The van der Waals surface area contributed by atoms with Crippen LogP contribution in [-0.4, -0.2) is 11.1 Å². The Labute approximate surface area is 98.4 Å². The zero-order valence-electron chi connectivity index (χ0n) is 8.93. The molecular weight excluding hydrogens is 220 g/mol. The topological polar surface area (TPSA) is 34.0 Å². The summed E-state index contributed by atoms with van der Waals surface area (Å²) in [6, 6.07) is 7.35. The van der Waals surface area contributed by atoms with Gasteiger partial charge in [-0.05, 0) is 11.4 Å². The fraction of sp³-hybridized carbons (Fsp3) is 0.250. The molecule has 16 heavy (non-hydrogen) atoms. The van der Waals surface area contributed by atoms with Gasteiger partial charge in [-0.3, -0.25) is 4.79 Å². The number of aromatic nitrogens is 1. The quantitative estimate of drug-likeness (QED) is 0.799. The lowest BCUT2D eigenvalue weighted by Gasteiger charge is -2.06. The molecule has 0 atom stereocenters. The second-order valence-electron chi connectivity index (χ2n) is 3.53. The van der Waals surface area contributed by atoms with E-state index >= 15 is 0 Å². The third kappa shape index (κ3) is 3.32. The Bertz CT molecular complexity index is 456. The van der Waals surface area contributed by atoms with Crippen molar-refractivity contribution in [1.29, 1.82) is 0 Å². The van der Waals surface area contributed by atoms with Crippen LogP contribution in [0.5, 0.6) is 0 Å². The van der Waals surface area contributed by atoms with Crippen LogP contribution in [0.4, 0.5) is 0 Å². The van der Waals surface area contributed by atoms with Gasteiger partial charge in [0, 0.05) is 49.0 Å². The first kappa shape index (κ1) is 11.1. The molecule has 2 rings (SSSR count). The van der Waals surface area contributed by atoms with E-state index < -0.39 is 0 Å². The number of nitrogens with one attached hydrogen (secondary N) is 1. The minimum Gasteiger partial charge on any atom is -0.353 e. The Morgan fingerprint density at radius 1 is 1.25 bits per heavy atom. The van der Waals surface area contributed by atoms with Crippen LogP contribution in [0.25, 0.3) is 0 Å².